The lowest BCUT2D eigenvalue weighted by Gasteiger charge is -2.33. The number of nitrogens with zero attached hydrogens (tertiary/aromatic N) is 1. The largest absolute Gasteiger partial charge is 0.453 e. The third kappa shape index (κ3) is 5.15. The number of thiophene rings is 1. The number of amides is 2. The highest BCUT2D eigenvalue weighted by Crippen LogP contribution is 2.48. The number of alkyl carbamates (subject to hydrolysis) is 1. The second kappa shape index (κ2) is 9.66. The van der Waals surface area contributed by atoms with Gasteiger partial charge in [0.1, 0.15) is 6.10 Å². The molecule has 0 spiro atoms. The van der Waals surface area contributed by atoms with Crippen LogP contribution in [0.15, 0.2) is 6.07 Å². The van der Waals surface area contributed by atoms with E-state index in [1.54, 1.807) is 0 Å². The van der Waals surface area contributed by atoms with Crippen molar-refractivity contribution in [1.82, 2.24) is 15.5 Å². The van der Waals surface area contributed by atoms with Crippen molar-refractivity contribution in [2.24, 2.45) is 0 Å². The van der Waals surface area contributed by atoms with Crippen LogP contribution in [0.4, 0.5) is 4.79 Å². The Morgan fingerprint density at radius 3 is 2.80 bits per heavy atom. The van der Waals surface area contributed by atoms with E-state index in [-0.39, 0.29) is 24.1 Å². The first-order valence-corrected chi connectivity index (χ1v) is 12.0. The van der Waals surface area contributed by atoms with Crippen molar-refractivity contribution in [2.75, 3.05) is 33.4 Å². The Morgan fingerprint density at radius 1 is 1.37 bits per heavy atom. The highest BCUT2D eigenvalue weighted by Gasteiger charge is 2.41. The summed E-state index contributed by atoms with van der Waals surface area (Å²) in [5.41, 5.74) is 1.38. The van der Waals surface area contributed by atoms with Crippen LogP contribution in [0.25, 0.3) is 0 Å². The minimum atomic E-state index is -0.380. The first-order valence-electron chi connectivity index (χ1n) is 11.2. The lowest BCUT2D eigenvalue weighted by Crippen LogP contribution is -2.50. The second-order valence-corrected chi connectivity index (χ2v) is 9.67. The lowest BCUT2D eigenvalue weighted by atomic mass is 10.1. The molecule has 2 amide bonds. The molecule has 166 valence electrons. The van der Waals surface area contributed by atoms with E-state index >= 15 is 0 Å². The summed E-state index contributed by atoms with van der Waals surface area (Å²) in [5, 5.41) is 6.04. The van der Waals surface area contributed by atoms with Gasteiger partial charge in [-0.3, -0.25) is 4.79 Å². The number of aryl methyl sites for hydroxylation is 1. The van der Waals surface area contributed by atoms with Gasteiger partial charge in [-0.2, -0.15) is 0 Å². The van der Waals surface area contributed by atoms with Gasteiger partial charge in [-0.05, 0) is 63.0 Å². The second-order valence-electron chi connectivity index (χ2n) is 8.55. The fraction of sp³-hybridized carbons (Fsp3) is 0.727. The number of hydrogen-bond acceptors (Lipinski definition) is 6. The van der Waals surface area contributed by atoms with Crippen LogP contribution in [0.2, 0.25) is 0 Å². The van der Waals surface area contributed by atoms with Gasteiger partial charge in [0.2, 0.25) is 0 Å². The maximum atomic E-state index is 13.2. The van der Waals surface area contributed by atoms with Crippen molar-refractivity contribution in [3.05, 3.63) is 21.4 Å². The van der Waals surface area contributed by atoms with Gasteiger partial charge < -0.3 is 25.0 Å². The zero-order chi connectivity index (χ0) is 21.1. The van der Waals surface area contributed by atoms with Crippen LogP contribution in [-0.4, -0.2) is 62.4 Å². The Balaban J connectivity index is 1.44. The SMILES string of the molecule is COC(=O)NCCCc1cc(C(C)N(C(=O)[C@H]2CNCCO2)C2CC2)sc1C1CC1. The van der Waals surface area contributed by atoms with Crippen molar-refractivity contribution < 1.29 is 19.1 Å². The van der Waals surface area contributed by atoms with Crippen molar-refractivity contribution >= 4 is 23.3 Å². The van der Waals surface area contributed by atoms with Gasteiger partial charge >= 0.3 is 6.09 Å². The van der Waals surface area contributed by atoms with Gasteiger partial charge in [0.15, 0.2) is 0 Å². The van der Waals surface area contributed by atoms with Crippen LogP contribution in [0.1, 0.15) is 66.3 Å². The maximum absolute atomic E-state index is 13.2. The first kappa shape index (κ1) is 21.6. The average molecular weight is 436 g/mol. The summed E-state index contributed by atoms with van der Waals surface area (Å²) < 4.78 is 10.4. The Bertz CT molecular complexity index is 754. The fourth-order valence-corrected chi connectivity index (χ4v) is 5.60. The summed E-state index contributed by atoms with van der Waals surface area (Å²) in [4.78, 5) is 29.3. The fourth-order valence-electron chi connectivity index (χ4n) is 4.17. The third-order valence-corrected chi connectivity index (χ3v) is 7.62. The van der Waals surface area contributed by atoms with Crippen molar-refractivity contribution in [3.63, 3.8) is 0 Å². The predicted molar refractivity (Wildman–Crippen MR) is 116 cm³/mol. The van der Waals surface area contributed by atoms with Crippen molar-refractivity contribution in [2.45, 2.75) is 69.6 Å². The van der Waals surface area contributed by atoms with Gasteiger partial charge in [0.05, 0.1) is 19.8 Å². The minimum absolute atomic E-state index is 0.0694. The van der Waals surface area contributed by atoms with Gasteiger partial charge in [0, 0.05) is 35.4 Å². The molecule has 1 saturated heterocycles. The van der Waals surface area contributed by atoms with Crippen molar-refractivity contribution in [3.8, 4) is 0 Å². The molecule has 8 heteroatoms. The first-order chi connectivity index (χ1) is 14.6. The number of carbonyl (C=O) groups excluding carboxylic acids is 2. The summed E-state index contributed by atoms with van der Waals surface area (Å²) in [5.74, 6) is 0.804. The van der Waals surface area contributed by atoms with E-state index in [0.29, 0.717) is 31.7 Å². The number of methoxy groups -OCH3 is 1. The van der Waals surface area contributed by atoms with E-state index in [1.165, 1.54) is 35.3 Å². The smallest absolute Gasteiger partial charge is 0.406 e. The lowest BCUT2D eigenvalue weighted by molar-refractivity contribution is -0.148. The number of hydrogen-bond donors (Lipinski definition) is 2. The molecule has 30 heavy (non-hydrogen) atoms. The number of rotatable bonds is 9. The zero-order valence-corrected chi connectivity index (χ0v) is 18.8. The maximum Gasteiger partial charge on any atom is 0.406 e. The van der Waals surface area contributed by atoms with Gasteiger partial charge in [0.25, 0.3) is 5.91 Å². The highest BCUT2D eigenvalue weighted by atomic mass is 32.1. The summed E-state index contributed by atoms with van der Waals surface area (Å²) in [7, 11) is 1.38. The van der Waals surface area contributed by atoms with Gasteiger partial charge in [-0.15, -0.1) is 11.3 Å². The molecule has 1 aromatic rings. The van der Waals surface area contributed by atoms with Crippen LogP contribution < -0.4 is 10.6 Å². The molecule has 7 nitrogen and oxygen atoms in total. The van der Waals surface area contributed by atoms with Crippen LogP contribution in [0, 0.1) is 0 Å². The molecular weight excluding hydrogens is 402 g/mol. The number of ether oxygens (including phenoxy) is 2. The molecule has 4 rings (SSSR count). The standard InChI is InChI=1S/C22H33N3O4S/c1-14(25(17-7-8-17)21(26)18-13-23-10-11-29-18)19-12-16(20(30-19)15-5-6-15)4-3-9-24-22(27)28-2/h12,14-15,17-18,23H,3-11,13H2,1-2H3,(H,24,27)/t14?,18-/m1/s1. The monoisotopic (exact) mass is 435 g/mol. The molecule has 0 radical (unpaired) electrons. The average Bonchev–Trinajstić information content (AvgIpc) is 3.71. The Labute approximate surface area is 182 Å². The molecule has 2 saturated carbocycles. The highest BCUT2D eigenvalue weighted by molar-refractivity contribution is 7.12. The Kier molecular flexibility index (Phi) is 6.95. The molecule has 3 fully saturated rings. The van der Waals surface area contributed by atoms with Crippen LogP contribution >= 0.6 is 11.3 Å². The molecule has 1 aliphatic heterocycles. The molecule has 2 atom stereocenters. The Hall–Kier alpha value is -1.64. The molecule has 2 N–H and O–H groups in total. The van der Waals surface area contributed by atoms with Crippen LogP contribution in [0.3, 0.4) is 0 Å². The van der Waals surface area contributed by atoms with E-state index in [1.807, 2.05) is 11.3 Å². The van der Waals surface area contributed by atoms with E-state index in [0.717, 1.165) is 32.2 Å². The predicted octanol–water partition coefficient (Wildman–Crippen LogP) is 2.95. The summed E-state index contributed by atoms with van der Waals surface area (Å²) in [6.07, 6.45) is 5.76. The van der Waals surface area contributed by atoms with E-state index in [9.17, 15) is 9.59 Å². The molecule has 0 aromatic carbocycles. The number of morpholine rings is 1. The quantitative estimate of drug-likeness (QED) is 0.583. The molecule has 3 aliphatic rings. The van der Waals surface area contributed by atoms with Crippen molar-refractivity contribution in [1.29, 1.82) is 0 Å². The van der Waals surface area contributed by atoms with Crippen LogP contribution in [0.5, 0.6) is 0 Å². The molecule has 1 aromatic heterocycles. The van der Waals surface area contributed by atoms with E-state index < -0.39 is 0 Å². The summed E-state index contributed by atoms with van der Waals surface area (Å²) in [6.45, 7) is 4.78. The summed E-state index contributed by atoms with van der Waals surface area (Å²) in [6, 6.07) is 2.72. The van der Waals surface area contributed by atoms with E-state index in [2.05, 4.69) is 33.3 Å². The molecule has 2 heterocycles. The normalized spacial score (nSPS) is 22.4. The minimum Gasteiger partial charge on any atom is -0.453 e. The third-order valence-electron chi connectivity index (χ3n) is 6.11. The molecule has 2 aliphatic carbocycles. The van der Waals surface area contributed by atoms with Gasteiger partial charge in [-0.25, -0.2) is 4.79 Å². The zero-order valence-electron chi connectivity index (χ0n) is 17.9. The number of carbonyl (C=O) groups is 2. The molecule has 1 unspecified atom stereocenters. The molecular formula is C22H33N3O4S. The summed E-state index contributed by atoms with van der Waals surface area (Å²) >= 11 is 1.88. The number of nitrogens with one attached hydrogen (secondary N) is 2. The topological polar surface area (TPSA) is 79.9 Å². The van der Waals surface area contributed by atoms with Gasteiger partial charge in [-0.1, -0.05) is 0 Å². The Morgan fingerprint density at radius 2 is 2.17 bits per heavy atom. The van der Waals surface area contributed by atoms with E-state index in [4.69, 9.17) is 4.74 Å². The van der Waals surface area contributed by atoms with Crippen LogP contribution in [-0.2, 0) is 20.7 Å². The molecule has 0 bridgehead atoms.